The van der Waals surface area contributed by atoms with E-state index in [4.69, 9.17) is 0 Å². The smallest absolute Gasteiger partial charge is 0.254 e. The van der Waals surface area contributed by atoms with E-state index in [2.05, 4.69) is 22.6 Å². The van der Waals surface area contributed by atoms with Crippen LogP contribution in [0.25, 0.3) is 0 Å². The normalized spacial score (nSPS) is 11.2. The summed E-state index contributed by atoms with van der Waals surface area (Å²) < 4.78 is 14.5. The van der Waals surface area contributed by atoms with Crippen molar-refractivity contribution in [1.82, 2.24) is 4.90 Å². The van der Waals surface area contributed by atoms with E-state index < -0.39 is 0 Å². The molecule has 0 spiro atoms. The Morgan fingerprint density at radius 1 is 1.22 bits per heavy atom. The molecule has 2 nitrogen and oxygen atoms in total. The number of nitrogens with zero attached hydrogens (tertiary/aromatic N) is 1. The lowest BCUT2D eigenvalue weighted by molar-refractivity contribution is 0.0643. The molecular weight excluding hydrogens is 344 g/mol. The van der Waals surface area contributed by atoms with Crippen LogP contribution in [0.1, 0.15) is 43.6 Å². The van der Waals surface area contributed by atoms with E-state index in [0.29, 0.717) is 11.1 Å². The number of benzene rings is 1. The first-order valence-electron chi connectivity index (χ1n) is 6.04. The average molecular weight is 363 g/mol. The van der Waals surface area contributed by atoms with Crippen molar-refractivity contribution < 1.29 is 9.18 Å². The molecule has 0 unspecified atom stereocenters. The van der Waals surface area contributed by atoms with Crippen molar-refractivity contribution in [3.05, 3.63) is 32.6 Å². The Morgan fingerprint density at radius 2 is 1.72 bits per heavy atom. The Kier molecular flexibility index (Phi) is 5.13. The van der Waals surface area contributed by atoms with Crippen LogP contribution in [0, 0.1) is 16.3 Å². The van der Waals surface area contributed by atoms with E-state index in [9.17, 15) is 9.18 Å². The highest BCUT2D eigenvalue weighted by atomic mass is 127. The lowest BCUT2D eigenvalue weighted by atomic mass is 10.1. The summed E-state index contributed by atoms with van der Waals surface area (Å²) in [5, 5.41) is 0. The molecule has 0 atom stereocenters. The summed E-state index contributed by atoms with van der Waals surface area (Å²) in [4.78, 5) is 14.2. The zero-order valence-electron chi connectivity index (χ0n) is 11.4. The van der Waals surface area contributed by atoms with Gasteiger partial charge in [0, 0.05) is 21.2 Å². The second-order valence-corrected chi connectivity index (χ2v) is 6.13. The second-order valence-electron chi connectivity index (χ2n) is 4.96. The molecule has 1 amide bonds. The molecule has 18 heavy (non-hydrogen) atoms. The standard InChI is InChI=1S/C14H19FINO/c1-8(2)17(9(3)4)14(18)11-6-12(15)10(5)13(16)7-11/h6-9H,1-5H3. The summed E-state index contributed by atoms with van der Waals surface area (Å²) in [5.74, 6) is -0.436. The number of carbonyl (C=O) groups excluding carboxylic acids is 1. The highest BCUT2D eigenvalue weighted by molar-refractivity contribution is 14.1. The topological polar surface area (TPSA) is 20.3 Å². The van der Waals surface area contributed by atoms with Gasteiger partial charge in [-0.05, 0) is 74.9 Å². The van der Waals surface area contributed by atoms with Crippen molar-refractivity contribution in [2.45, 2.75) is 46.7 Å². The third kappa shape index (κ3) is 3.22. The van der Waals surface area contributed by atoms with E-state index in [0.717, 1.165) is 3.57 Å². The van der Waals surface area contributed by atoms with Gasteiger partial charge >= 0.3 is 0 Å². The minimum atomic E-state index is -0.322. The number of hydrogen-bond donors (Lipinski definition) is 0. The lowest BCUT2D eigenvalue weighted by Gasteiger charge is -2.31. The molecular formula is C14H19FINO. The quantitative estimate of drug-likeness (QED) is 0.744. The molecule has 0 heterocycles. The maximum atomic E-state index is 13.7. The van der Waals surface area contributed by atoms with Gasteiger partial charge in [0.05, 0.1) is 0 Å². The third-order valence-corrected chi connectivity index (χ3v) is 4.00. The Balaban J connectivity index is 3.18. The van der Waals surface area contributed by atoms with Crippen LogP contribution in [-0.2, 0) is 0 Å². The molecule has 0 saturated carbocycles. The molecule has 0 saturated heterocycles. The van der Waals surface area contributed by atoms with E-state index >= 15 is 0 Å². The Morgan fingerprint density at radius 3 is 2.11 bits per heavy atom. The molecule has 0 aliphatic carbocycles. The van der Waals surface area contributed by atoms with Gasteiger partial charge in [0.1, 0.15) is 5.82 Å². The van der Waals surface area contributed by atoms with Crippen molar-refractivity contribution >= 4 is 28.5 Å². The van der Waals surface area contributed by atoms with Gasteiger partial charge in [-0.2, -0.15) is 0 Å². The van der Waals surface area contributed by atoms with Gasteiger partial charge in [-0.15, -0.1) is 0 Å². The molecule has 1 rings (SSSR count). The van der Waals surface area contributed by atoms with Crippen molar-refractivity contribution in [1.29, 1.82) is 0 Å². The number of amides is 1. The molecule has 0 bridgehead atoms. The highest BCUT2D eigenvalue weighted by Crippen LogP contribution is 2.20. The first-order chi connectivity index (χ1) is 8.25. The van der Waals surface area contributed by atoms with Gasteiger partial charge < -0.3 is 4.90 Å². The van der Waals surface area contributed by atoms with Gasteiger partial charge in [-0.25, -0.2) is 4.39 Å². The van der Waals surface area contributed by atoms with Crippen LogP contribution in [0.4, 0.5) is 4.39 Å². The van der Waals surface area contributed by atoms with Crippen molar-refractivity contribution in [3.8, 4) is 0 Å². The molecule has 0 N–H and O–H groups in total. The Hall–Kier alpha value is -0.650. The predicted octanol–water partition coefficient (Wildman–Crippen LogP) is 4.00. The highest BCUT2D eigenvalue weighted by Gasteiger charge is 2.22. The zero-order chi connectivity index (χ0) is 14.0. The number of carbonyl (C=O) groups is 1. The molecule has 0 radical (unpaired) electrons. The maximum absolute atomic E-state index is 13.7. The average Bonchev–Trinajstić information content (AvgIpc) is 2.23. The van der Waals surface area contributed by atoms with Crippen molar-refractivity contribution in [3.63, 3.8) is 0 Å². The monoisotopic (exact) mass is 363 g/mol. The van der Waals surface area contributed by atoms with E-state index in [-0.39, 0.29) is 23.8 Å². The summed E-state index contributed by atoms with van der Waals surface area (Å²) in [7, 11) is 0. The van der Waals surface area contributed by atoms with E-state index in [1.165, 1.54) is 6.07 Å². The first-order valence-corrected chi connectivity index (χ1v) is 7.11. The Bertz CT molecular complexity index is 426. The van der Waals surface area contributed by atoms with Crippen molar-refractivity contribution in [2.75, 3.05) is 0 Å². The molecule has 1 aromatic carbocycles. The third-order valence-electron chi connectivity index (χ3n) is 2.88. The van der Waals surface area contributed by atoms with Crippen LogP contribution in [0.5, 0.6) is 0 Å². The Labute approximate surface area is 122 Å². The largest absolute Gasteiger partial charge is 0.334 e. The van der Waals surface area contributed by atoms with Crippen LogP contribution < -0.4 is 0 Å². The van der Waals surface area contributed by atoms with Crippen molar-refractivity contribution in [2.24, 2.45) is 0 Å². The summed E-state index contributed by atoms with van der Waals surface area (Å²) in [6, 6.07) is 3.27. The van der Waals surface area contributed by atoms with Crippen LogP contribution >= 0.6 is 22.6 Å². The summed E-state index contributed by atoms with van der Waals surface area (Å²) in [6.07, 6.45) is 0. The van der Waals surface area contributed by atoms with Crippen LogP contribution in [0.2, 0.25) is 0 Å². The number of hydrogen-bond acceptors (Lipinski definition) is 1. The minimum absolute atomic E-state index is 0.0968. The van der Waals surface area contributed by atoms with Crippen LogP contribution in [0.3, 0.4) is 0 Å². The van der Waals surface area contributed by atoms with Crippen LogP contribution in [-0.4, -0.2) is 22.9 Å². The van der Waals surface area contributed by atoms with E-state index in [1.54, 1.807) is 17.9 Å². The fourth-order valence-corrected chi connectivity index (χ4v) is 2.58. The van der Waals surface area contributed by atoms with Crippen LogP contribution in [0.15, 0.2) is 12.1 Å². The molecule has 100 valence electrons. The van der Waals surface area contributed by atoms with Gasteiger partial charge in [0.2, 0.25) is 0 Å². The first kappa shape index (κ1) is 15.4. The fourth-order valence-electron chi connectivity index (χ4n) is 1.98. The van der Waals surface area contributed by atoms with Gasteiger partial charge in [-0.3, -0.25) is 4.79 Å². The fraction of sp³-hybridized carbons (Fsp3) is 0.500. The minimum Gasteiger partial charge on any atom is -0.334 e. The molecule has 4 heteroatoms. The lowest BCUT2D eigenvalue weighted by Crippen LogP contribution is -2.42. The number of rotatable bonds is 3. The SMILES string of the molecule is Cc1c(F)cc(C(=O)N(C(C)C)C(C)C)cc1I. The number of halogens is 2. The van der Waals surface area contributed by atoms with E-state index in [1.807, 2.05) is 27.7 Å². The predicted molar refractivity (Wildman–Crippen MR) is 80.3 cm³/mol. The molecule has 0 aliphatic rings. The second kappa shape index (κ2) is 5.99. The maximum Gasteiger partial charge on any atom is 0.254 e. The summed E-state index contributed by atoms with van der Waals surface area (Å²) in [6.45, 7) is 9.58. The zero-order valence-corrected chi connectivity index (χ0v) is 13.6. The molecule has 1 aromatic rings. The summed E-state index contributed by atoms with van der Waals surface area (Å²) >= 11 is 2.06. The van der Waals surface area contributed by atoms with Gasteiger partial charge in [0.25, 0.3) is 5.91 Å². The molecule has 0 aliphatic heterocycles. The molecule has 0 fully saturated rings. The summed E-state index contributed by atoms with van der Waals surface area (Å²) in [5.41, 5.74) is 1.01. The van der Waals surface area contributed by atoms with Gasteiger partial charge in [-0.1, -0.05) is 0 Å². The van der Waals surface area contributed by atoms with Gasteiger partial charge in [0.15, 0.2) is 0 Å². The molecule has 0 aromatic heterocycles.